The van der Waals surface area contributed by atoms with Crippen LogP contribution in [0.1, 0.15) is 35.0 Å². The van der Waals surface area contributed by atoms with Gasteiger partial charge >= 0.3 is 0 Å². The van der Waals surface area contributed by atoms with Crippen molar-refractivity contribution in [1.82, 2.24) is 4.37 Å². The lowest BCUT2D eigenvalue weighted by molar-refractivity contribution is 0.737. The zero-order valence-electron chi connectivity index (χ0n) is 10.1. The van der Waals surface area contributed by atoms with Crippen LogP contribution in [0.4, 0.5) is 5.00 Å². The van der Waals surface area contributed by atoms with E-state index in [2.05, 4.69) is 32.9 Å². The van der Waals surface area contributed by atoms with Gasteiger partial charge < -0.3 is 4.90 Å². The molecule has 3 nitrogen and oxygen atoms in total. The number of rotatable bonds is 2. The second-order valence-electron chi connectivity index (χ2n) is 4.43. The Balaban J connectivity index is 1.98. The first-order chi connectivity index (χ1) is 8.81. The van der Waals surface area contributed by atoms with Crippen LogP contribution in [-0.2, 0) is 0 Å². The number of nitrogens with zero attached hydrogens (tertiary/aromatic N) is 3. The Bertz CT molecular complexity index is 580. The predicted octanol–water partition coefficient (Wildman–Crippen LogP) is 3.73. The third-order valence-electron chi connectivity index (χ3n) is 3.34. The fraction of sp³-hybridized carbons (Fsp3) is 0.385. The van der Waals surface area contributed by atoms with Crippen LogP contribution in [0.2, 0.25) is 0 Å². The molecular formula is C13H13N3S2. The Morgan fingerprint density at radius 1 is 1.56 bits per heavy atom. The standard InChI is InChI=1S/C13H13N3S2/c1-9-10(8-14)13(18-15-9)16-6-2-4-11(16)12-5-3-7-17-12/h3,5,7,11H,2,4,6H2,1H3/t11-/m1/s1. The summed E-state index contributed by atoms with van der Waals surface area (Å²) < 4.78 is 4.33. The lowest BCUT2D eigenvalue weighted by Gasteiger charge is -2.24. The molecule has 1 fully saturated rings. The molecule has 1 aliphatic rings. The smallest absolute Gasteiger partial charge is 0.130 e. The molecule has 0 unspecified atom stereocenters. The highest BCUT2D eigenvalue weighted by Crippen LogP contribution is 2.41. The average molecular weight is 275 g/mol. The highest BCUT2D eigenvalue weighted by atomic mass is 32.1. The number of aromatic nitrogens is 1. The normalized spacial score (nSPS) is 19.1. The molecule has 2 aromatic heterocycles. The van der Waals surface area contributed by atoms with Gasteiger partial charge in [-0.1, -0.05) is 6.07 Å². The number of hydrogen-bond donors (Lipinski definition) is 0. The molecule has 0 spiro atoms. The van der Waals surface area contributed by atoms with Gasteiger partial charge in [0, 0.05) is 11.4 Å². The van der Waals surface area contributed by atoms with E-state index in [0.29, 0.717) is 6.04 Å². The Labute approximate surface area is 114 Å². The molecule has 1 atom stereocenters. The molecule has 0 N–H and O–H groups in total. The van der Waals surface area contributed by atoms with Gasteiger partial charge in [-0.3, -0.25) is 0 Å². The highest BCUT2D eigenvalue weighted by Gasteiger charge is 2.30. The zero-order chi connectivity index (χ0) is 12.5. The summed E-state index contributed by atoms with van der Waals surface area (Å²) in [6.45, 7) is 2.94. The minimum Gasteiger partial charge on any atom is -0.353 e. The molecule has 0 aliphatic carbocycles. The largest absolute Gasteiger partial charge is 0.353 e. The number of hydrogen-bond acceptors (Lipinski definition) is 5. The lowest BCUT2D eigenvalue weighted by atomic mass is 10.2. The van der Waals surface area contributed by atoms with Gasteiger partial charge in [0.25, 0.3) is 0 Å². The molecule has 0 amide bonds. The van der Waals surface area contributed by atoms with E-state index in [1.165, 1.54) is 29.3 Å². The second kappa shape index (κ2) is 4.71. The minimum absolute atomic E-state index is 0.428. The average Bonchev–Trinajstić information content (AvgIpc) is 3.07. The van der Waals surface area contributed by atoms with Crippen molar-refractivity contribution < 1.29 is 0 Å². The first kappa shape index (κ1) is 11.7. The molecule has 0 saturated carbocycles. The van der Waals surface area contributed by atoms with Crippen molar-refractivity contribution in [3.05, 3.63) is 33.6 Å². The van der Waals surface area contributed by atoms with E-state index < -0.39 is 0 Å². The summed E-state index contributed by atoms with van der Waals surface area (Å²) >= 11 is 3.26. The van der Waals surface area contributed by atoms with E-state index in [-0.39, 0.29) is 0 Å². The number of nitriles is 1. The quantitative estimate of drug-likeness (QED) is 0.838. The summed E-state index contributed by atoms with van der Waals surface area (Å²) in [4.78, 5) is 3.75. The highest BCUT2D eigenvalue weighted by molar-refractivity contribution is 7.11. The van der Waals surface area contributed by atoms with Crippen molar-refractivity contribution in [2.75, 3.05) is 11.4 Å². The van der Waals surface area contributed by atoms with Gasteiger partial charge in [-0.2, -0.15) is 9.64 Å². The Kier molecular flexibility index (Phi) is 3.06. The second-order valence-corrected chi connectivity index (χ2v) is 6.16. The summed E-state index contributed by atoms with van der Waals surface area (Å²) in [5.41, 5.74) is 1.61. The van der Waals surface area contributed by atoms with Crippen LogP contribution in [-0.4, -0.2) is 10.9 Å². The van der Waals surface area contributed by atoms with Crippen molar-refractivity contribution in [3.63, 3.8) is 0 Å². The van der Waals surface area contributed by atoms with E-state index in [1.54, 1.807) is 11.3 Å². The van der Waals surface area contributed by atoms with Gasteiger partial charge in [0.1, 0.15) is 16.6 Å². The van der Waals surface area contributed by atoms with Crippen molar-refractivity contribution in [3.8, 4) is 6.07 Å². The molecule has 92 valence electrons. The molecular weight excluding hydrogens is 262 g/mol. The van der Waals surface area contributed by atoms with Crippen LogP contribution in [0.5, 0.6) is 0 Å². The SMILES string of the molecule is Cc1nsc(N2CCC[C@@H]2c2cccs2)c1C#N. The third-order valence-corrected chi connectivity index (χ3v) is 5.29. The summed E-state index contributed by atoms with van der Waals surface area (Å²) in [6.07, 6.45) is 2.35. The van der Waals surface area contributed by atoms with Crippen LogP contribution in [0, 0.1) is 18.3 Å². The number of anilines is 1. The first-order valence-electron chi connectivity index (χ1n) is 5.97. The maximum Gasteiger partial charge on any atom is 0.130 e. The van der Waals surface area contributed by atoms with Crippen LogP contribution >= 0.6 is 22.9 Å². The van der Waals surface area contributed by atoms with Crippen molar-refractivity contribution in [1.29, 1.82) is 5.26 Å². The van der Waals surface area contributed by atoms with Gasteiger partial charge in [-0.25, -0.2) is 0 Å². The van der Waals surface area contributed by atoms with Crippen LogP contribution < -0.4 is 4.90 Å². The summed E-state index contributed by atoms with van der Waals surface area (Å²) in [5, 5.41) is 12.4. The van der Waals surface area contributed by atoms with E-state index in [0.717, 1.165) is 22.8 Å². The summed E-state index contributed by atoms with van der Waals surface area (Å²) in [5.74, 6) is 0. The molecule has 3 heterocycles. The Morgan fingerprint density at radius 2 is 2.44 bits per heavy atom. The predicted molar refractivity (Wildman–Crippen MR) is 75.2 cm³/mol. The minimum atomic E-state index is 0.428. The molecule has 0 aromatic carbocycles. The fourth-order valence-corrected chi connectivity index (χ4v) is 4.27. The molecule has 5 heteroatoms. The first-order valence-corrected chi connectivity index (χ1v) is 7.63. The third kappa shape index (κ3) is 1.82. The Morgan fingerprint density at radius 3 is 3.17 bits per heavy atom. The van der Waals surface area contributed by atoms with Crippen molar-refractivity contribution >= 4 is 27.9 Å². The molecule has 18 heavy (non-hydrogen) atoms. The molecule has 1 aliphatic heterocycles. The van der Waals surface area contributed by atoms with E-state index in [9.17, 15) is 5.26 Å². The maximum atomic E-state index is 9.26. The van der Waals surface area contributed by atoms with Crippen LogP contribution in [0.15, 0.2) is 17.5 Å². The molecule has 1 saturated heterocycles. The van der Waals surface area contributed by atoms with E-state index in [4.69, 9.17) is 0 Å². The van der Waals surface area contributed by atoms with Crippen LogP contribution in [0.25, 0.3) is 0 Å². The van der Waals surface area contributed by atoms with Gasteiger partial charge in [-0.05, 0) is 42.7 Å². The van der Waals surface area contributed by atoms with E-state index in [1.807, 2.05) is 6.92 Å². The fourth-order valence-electron chi connectivity index (χ4n) is 2.47. The number of thiophene rings is 1. The zero-order valence-corrected chi connectivity index (χ0v) is 11.7. The molecule has 3 rings (SSSR count). The van der Waals surface area contributed by atoms with Crippen molar-refractivity contribution in [2.45, 2.75) is 25.8 Å². The molecule has 2 aromatic rings. The maximum absolute atomic E-state index is 9.26. The van der Waals surface area contributed by atoms with E-state index >= 15 is 0 Å². The van der Waals surface area contributed by atoms with Crippen molar-refractivity contribution in [2.24, 2.45) is 0 Å². The van der Waals surface area contributed by atoms with Gasteiger partial charge in [0.05, 0.1) is 11.7 Å². The van der Waals surface area contributed by atoms with Gasteiger partial charge in [0.15, 0.2) is 0 Å². The Hall–Kier alpha value is -1.38. The van der Waals surface area contributed by atoms with Crippen LogP contribution in [0.3, 0.4) is 0 Å². The van der Waals surface area contributed by atoms with Gasteiger partial charge in [0.2, 0.25) is 0 Å². The van der Waals surface area contributed by atoms with Gasteiger partial charge in [-0.15, -0.1) is 11.3 Å². The topological polar surface area (TPSA) is 39.9 Å². The lowest BCUT2D eigenvalue weighted by Crippen LogP contribution is -2.21. The number of aryl methyl sites for hydroxylation is 1. The molecule has 0 radical (unpaired) electrons. The summed E-state index contributed by atoms with van der Waals surface area (Å²) in [7, 11) is 0. The molecule has 0 bridgehead atoms. The monoisotopic (exact) mass is 275 g/mol. The summed E-state index contributed by atoms with van der Waals surface area (Å²) in [6, 6.07) is 7.01.